The minimum absolute atomic E-state index is 0.137. The van der Waals surface area contributed by atoms with Crippen LogP contribution in [0.2, 0.25) is 0 Å². The van der Waals surface area contributed by atoms with E-state index in [1.165, 1.54) is 32.1 Å². The molecule has 0 heterocycles. The maximum absolute atomic E-state index is 9.10. The van der Waals surface area contributed by atoms with Crippen LogP contribution in [0.4, 0.5) is 0 Å². The Hall–Kier alpha value is -0.0800. The highest BCUT2D eigenvalue weighted by Crippen LogP contribution is 2.28. The zero-order valence-electron chi connectivity index (χ0n) is 11.3. The van der Waals surface area contributed by atoms with Crippen LogP contribution >= 0.6 is 0 Å². The van der Waals surface area contributed by atoms with Gasteiger partial charge in [-0.1, -0.05) is 20.3 Å². The van der Waals surface area contributed by atoms with Crippen LogP contribution in [0.1, 0.15) is 65.7 Å². The Balaban J connectivity index is 2.36. The number of aliphatic hydroxyl groups excluding tert-OH is 1. The topological polar surface area (TPSA) is 32.3 Å². The first-order chi connectivity index (χ1) is 7.63. The molecule has 0 bridgehead atoms. The molecule has 2 nitrogen and oxygen atoms in total. The van der Waals surface area contributed by atoms with Crippen molar-refractivity contribution < 1.29 is 5.11 Å². The third-order valence-corrected chi connectivity index (χ3v) is 4.42. The molecule has 1 aliphatic carbocycles. The van der Waals surface area contributed by atoms with Crippen molar-refractivity contribution in [3.05, 3.63) is 0 Å². The highest BCUT2D eigenvalue weighted by molar-refractivity contribution is 4.87. The van der Waals surface area contributed by atoms with Gasteiger partial charge in [0.2, 0.25) is 0 Å². The molecule has 96 valence electrons. The van der Waals surface area contributed by atoms with Crippen LogP contribution < -0.4 is 5.32 Å². The van der Waals surface area contributed by atoms with Gasteiger partial charge in [-0.15, -0.1) is 0 Å². The molecule has 0 spiro atoms. The van der Waals surface area contributed by atoms with E-state index in [-0.39, 0.29) is 5.54 Å². The van der Waals surface area contributed by atoms with Gasteiger partial charge in [0.1, 0.15) is 0 Å². The first-order valence-corrected chi connectivity index (χ1v) is 7.02. The lowest BCUT2D eigenvalue weighted by molar-refractivity contribution is 0.178. The van der Waals surface area contributed by atoms with Gasteiger partial charge in [-0.05, 0) is 51.4 Å². The van der Waals surface area contributed by atoms with Crippen LogP contribution in [0, 0.1) is 5.92 Å². The molecule has 0 saturated heterocycles. The Labute approximate surface area is 101 Å². The van der Waals surface area contributed by atoms with E-state index in [0.29, 0.717) is 12.6 Å². The van der Waals surface area contributed by atoms with Crippen LogP contribution in [-0.2, 0) is 0 Å². The van der Waals surface area contributed by atoms with Gasteiger partial charge in [-0.25, -0.2) is 0 Å². The quantitative estimate of drug-likeness (QED) is 0.731. The first-order valence-electron chi connectivity index (χ1n) is 7.02. The van der Waals surface area contributed by atoms with Gasteiger partial charge >= 0.3 is 0 Å². The molecule has 1 rings (SSSR count). The second-order valence-electron chi connectivity index (χ2n) is 5.66. The third kappa shape index (κ3) is 4.06. The zero-order chi connectivity index (χ0) is 12.0. The summed E-state index contributed by atoms with van der Waals surface area (Å²) in [6.07, 6.45) is 8.71. The lowest BCUT2D eigenvalue weighted by Crippen LogP contribution is -2.49. The maximum atomic E-state index is 9.10. The Morgan fingerprint density at radius 2 is 1.81 bits per heavy atom. The van der Waals surface area contributed by atoms with E-state index < -0.39 is 0 Å². The normalized spacial score (nSPS) is 30.0. The second kappa shape index (κ2) is 6.61. The van der Waals surface area contributed by atoms with Crippen molar-refractivity contribution in [1.82, 2.24) is 5.32 Å². The molecule has 1 unspecified atom stereocenters. The average molecular weight is 227 g/mol. The Kier molecular flexibility index (Phi) is 5.77. The average Bonchev–Trinajstić information content (AvgIpc) is 2.30. The molecule has 1 atom stereocenters. The fourth-order valence-electron chi connectivity index (χ4n) is 2.81. The number of hydrogen-bond donors (Lipinski definition) is 2. The van der Waals surface area contributed by atoms with Crippen molar-refractivity contribution in [2.75, 3.05) is 6.61 Å². The van der Waals surface area contributed by atoms with Gasteiger partial charge in [-0.2, -0.15) is 0 Å². The Morgan fingerprint density at radius 3 is 2.25 bits per heavy atom. The summed E-state index contributed by atoms with van der Waals surface area (Å²) >= 11 is 0. The van der Waals surface area contributed by atoms with Gasteiger partial charge in [0.25, 0.3) is 0 Å². The molecule has 0 aliphatic heterocycles. The second-order valence-corrected chi connectivity index (χ2v) is 5.66. The van der Waals surface area contributed by atoms with Gasteiger partial charge in [0.05, 0.1) is 0 Å². The summed E-state index contributed by atoms with van der Waals surface area (Å²) in [4.78, 5) is 0. The third-order valence-electron chi connectivity index (χ3n) is 4.42. The zero-order valence-corrected chi connectivity index (χ0v) is 11.3. The van der Waals surface area contributed by atoms with Crippen molar-refractivity contribution in [2.24, 2.45) is 5.92 Å². The van der Waals surface area contributed by atoms with Gasteiger partial charge < -0.3 is 10.4 Å². The highest BCUT2D eigenvalue weighted by Gasteiger charge is 2.27. The van der Waals surface area contributed by atoms with Gasteiger partial charge in [-0.3, -0.25) is 0 Å². The van der Waals surface area contributed by atoms with E-state index in [1.807, 2.05) is 0 Å². The molecule has 0 amide bonds. The minimum Gasteiger partial charge on any atom is -0.396 e. The lowest BCUT2D eigenvalue weighted by atomic mass is 9.82. The molecular formula is C14H29NO. The van der Waals surface area contributed by atoms with Crippen molar-refractivity contribution in [3.8, 4) is 0 Å². The number of hydrogen-bond acceptors (Lipinski definition) is 2. The van der Waals surface area contributed by atoms with Crippen LogP contribution in [0.25, 0.3) is 0 Å². The van der Waals surface area contributed by atoms with Crippen molar-refractivity contribution in [1.29, 1.82) is 0 Å². The number of nitrogens with one attached hydrogen (secondary N) is 1. The number of rotatable bonds is 6. The summed E-state index contributed by atoms with van der Waals surface area (Å²) in [5, 5.41) is 12.9. The SMILES string of the molecule is CCC1CCC(NC(C)(CC)CCO)CC1. The summed E-state index contributed by atoms with van der Waals surface area (Å²) < 4.78 is 0. The molecular weight excluding hydrogens is 198 g/mol. The molecule has 0 aromatic rings. The molecule has 1 fully saturated rings. The predicted molar refractivity (Wildman–Crippen MR) is 69.6 cm³/mol. The molecule has 0 aromatic heterocycles. The smallest absolute Gasteiger partial charge is 0.0448 e. The largest absolute Gasteiger partial charge is 0.396 e. The van der Waals surface area contributed by atoms with Crippen molar-refractivity contribution in [3.63, 3.8) is 0 Å². The van der Waals surface area contributed by atoms with E-state index in [1.54, 1.807) is 0 Å². The first kappa shape index (κ1) is 14.0. The number of aliphatic hydroxyl groups is 1. The molecule has 0 radical (unpaired) electrons. The molecule has 2 heteroatoms. The highest BCUT2D eigenvalue weighted by atomic mass is 16.3. The van der Waals surface area contributed by atoms with E-state index >= 15 is 0 Å². The lowest BCUT2D eigenvalue weighted by Gasteiger charge is -2.37. The van der Waals surface area contributed by atoms with E-state index in [4.69, 9.17) is 5.11 Å². The fraction of sp³-hybridized carbons (Fsp3) is 1.00. The van der Waals surface area contributed by atoms with Crippen molar-refractivity contribution >= 4 is 0 Å². The minimum atomic E-state index is 0.137. The Morgan fingerprint density at radius 1 is 1.19 bits per heavy atom. The maximum Gasteiger partial charge on any atom is 0.0448 e. The summed E-state index contributed by atoms with van der Waals surface area (Å²) in [5.41, 5.74) is 0.137. The summed E-state index contributed by atoms with van der Waals surface area (Å²) in [5.74, 6) is 0.962. The van der Waals surface area contributed by atoms with Gasteiger partial charge in [0, 0.05) is 18.2 Å². The van der Waals surface area contributed by atoms with Crippen LogP contribution in [0.5, 0.6) is 0 Å². The van der Waals surface area contributed by atoms with Crippen LogP contribution in [0.3, 0.4) is 0 Å². The van der Waals surface area contributed by atoms with Crippen LogP contribution in [0.15, 0.2) is 0 Å². The Bertz CT molecular complexity index is 187. The van der Waals surface area contributed by atoms with Gasteiger partial charge in [0.15, 0.2) is 0 Å². The molecule has 0 aromatic carbocycles. The van der Waals surface area contributed by atoms with E-state index in [0.717, 1.165) is 18.8 Å². The summed E-state index contributed by atoms with van der Waals surface area (Å²) in [6.45, 7) is 7.05. The van der Waals surface area contributed by atoms with E-state index in [2.05, 4.69) is 26.1 Å². The van der Waals surface area contributed by atoms with Crippen LogP contribution in [-0.4, -0.2) is 23.3 Å². The molecule has 1 saturated carbocycles. The molecule has 16 heavy (non-hydrogen) atoms. The summed E-state index contributed by atoms with van der Waals surface area (Å²) in [7, 11) is 0. The predicted octanol–water partition coefficient (Wildman–Crippen LogP) is 3.10. The summed E-state index contributed by atoms with van der Waals surface area (Å²) in [6, 6.07) is 0.680. The van der Waals surface area contributed by atoms with E-state index in [9.17, 15) is 0 Å². The molecule has 1 aliphatic rings. The standard InChI is InChI=1S/C14H29NO/c1-4-12-6-8-13(9-7-12)15-14(3,5-2)10-11-16/h12-13,15-16H,4-11H2,1-3H3. The molecule has 2 N–H and O–H groups in total. The van der Waals surface area contributed by atoms with Crippen molar-refractivity contribution in [2.45, 2.75) is 77.3 Å². The fourth-order valence-corrected chi connectivity index (χ4v) is 2.81. The monoisotopic (exact) mass is 227 g/mol.